The molecule has 0 aliphatic carbocycles. The van der Waals surface area contributed by atoms with Gasteiger partial charge < -0.3 is 0 Å². The van der Waals surface area contributed by atoms with E-state index in [1.54, 1.807) is 0 Å². The fraction of sp³-hybridized carbons (Fsp3) is 0. The monoisotopic (exact) mass is 186 g/mol. The van der Waals surface area contributed by atoms with Crippen molar-refractivity contribution in [1.82, 2.24) is 0 Å². The summed E-state index contributed by atoms with van der Waals surface area (Å²) in [6, 6.07) is 0. The van der Waals surface area contributed by atoms with Gasteiger partial charge >= 0.3 is 16.0 Å². The standard InChI is InChI=1S/F4O3P2/c1-8(2,5)7-9(3,4)6. The lowest BCUT2D eigenvalue weighted by Gasteiger charge is -1.95. The molecule has 0 fully saturated rings. The van der Waals surface area contributed by atoms with Gasteiger partial charge in [0.1, 0.15) is 0 Å². The maximum Gasteiger partial charge on any atom is 0.561 e. The lowest BCUT2D eigenvalue weighted by atomic mass is 15.8. The Balaban J connectivity index is 4.07. The second kappa shape index (κ2) is 2.40. The summed E-state index contributed by atoms with van der Waals surface area (Å²) in [5.41, 5.74) is 0. The summed E-state index contributed by atoms with van der Waals surface area (Å²) in [7, 11) is -12.6. The van der Waals surface area contributed by atoms with Crippen LogP contribution < -0.4 is 0 Å². The maximum atomic E-state index is 10.9. The largest absolute Gasteiger partial charge is 0.561 e. The zero-order valence-corrected chi connectivity index (χ0v) is 5.42. The van der Waals surface area contributed by atoms with Crippen LogP contribution in [0.5, 0.6) is 0 Å². The third-order valence-electron chi connectivity index (χ3n) is 0.190. The van der Waals surface area contributed by atoms with Crippen LogP contribution in [0.15, 0.2) is 0 Å². The number of hydrogen-bond donors (Lipinski definition) is 0. The van der Waals surface area contributed by atoms with Crippen molar-refractivity contribution in [3.8, 4) is 0 Å². The number of rotatable bonds is 2. The molecular formula is F4O3P2. The van der Waals surface area contributed by atoms with Gasteiger partial charge in [-0.05, 0) is 0 Å². The summed E-state index contributed by atoms with van der Waals surface area (Å²) in [6.07, 6.45) is 0. The van der Waals surface area contributed by atoms with Gasteiger partial charge in [-0.15, -0.1) is 16.8 Å². The molecule has 0 radical (unpaired) electrons. The first-order valence-corrected chi connectivity index (χ1v) is 4.22. The van der Waals surface area contributed by atoms with Crippen LogP contribution >= 0.6 is 16.0 Å². The van der Waals surface area contributed by atoms with Crippen LogP contribution in [0.4, 0.5) is 16.8 Å². The smallest absolute Gasteiger partial charge is 0.218 e. The lowest BCUT2D eigenvalue weighted by Crippen LogP contribution is -1.67. The molecule has 56 valence electrons. The fourth-order valence-corrected chi connectivity index (χ4v) is 0.996. The van der Waals surface area contributed by atoms with Crippen molar-refractivity contribution in [2.45, 2.75) is 0 Å². The molecule has 0 bridgehead atoms. The first kappa shape index (κ1) is 9.14. The molecule has 0 aromatic rings. The van der Waals surface area contributed by atoms with E-state index in [9.17, 15) is 16.8 Å². The summed E-state index contributed by atoms with van der Waals surface area (Å²) in [6.45, 7) is 0. The van der Waals surface area contributed by atoms with E-state index in [0.29, 0.717) is 0 Å². The summed E-state index contributed by atoms with van der Waals surface area (Å²) >= 11 is 0. The number of halogens is 4. The Morgan fingerprint density at radius 1 is 0.889 bits per heavy atom. The van der Waals surface area contributed by atoms with Crippen LogP contribution in [0.2, 0.25) is 0 Å². The summed E-state index contributed by atoms with van der Waals surface area (Å²) in [4.78, 5) is 0. The molecule has 0 saturated carbocycles. The van der Waals surface area contributed by atoms with Crippen LogP contribution in [0, 0.1) is 0 Å². The Hall–Kier alpha value is 0.140. The van der Waals surface area contributed by atoms with Gasteiger partial charge in [-0.25, -0.2) is 9.13 Å². The van der Waals surface area contributed by atoms with Gasteiger partial charge in [0.25, 0.3) is 0 Å². The van der Waals surface area contributed by atoms with Crippen molar-refractivity contribution in [3.05, 3.63) is 0 Å². The molecule has 0 N–H and O–H groups in total. The highest BCUT2D eigenvalue weighted by atomic mass is 31.3. The van der Waals surface area contributed by atoms with E-state index < -0.39 is 16.0 Å². The SMILES string of the molecule is O=P(F)(F)OP(=O)(F)F. The van der Waals surface area contributed by atoms with Crippen LogP contribution in [0.3, 0.4) is 0 Å². The van der Waals surface area contributed by atoms with Crippen molar-refractivity contribution in [1.29, 1.82) is 0 Å². The first-order chi connectivity index (χ1) is 3.71. The third-order valence-corrected chi connectivity index (χ3v) is 1.71. The zero-order valence-electron chi connectivity index (χ0n) is 3.63. The average Bonchev–Trinajstić information content (AvgIpc) is 1.14. The normalized spacial score (nSPS) is 13.8. The molecule has 0 saturated heterocycles. The Morgan fingerprint density at radius 2 is 1.11 bits per heavy atom. The van der Waals surface area contributed by atoms with Gasteiger partial charge in [-0.2, -0.15) is 4.31 Å². The van der Waals surface area contributed by atoms with E-state index in [-0.39, 0.29) is 0 Å². The molecule has 9 heavy (non-hydrogen) atoms. The molecule has 0 aliphatic rings. The van der Waals surface area contributed by atoms with Gasteiger partial charge in [0.05, 0.1) is 0 Å². The summed E-state index contributed by atoms with van der Waals surface area (Å²) in [5.74, 6) is 0. The quantitative estimate of drug-likeness (QED) is 0.491. The van der Waals surface area contributed by atoms with Crippen LogP contribution in [-0.2, 0) is 13.4 Å². The van der Waals surface area contributed by atoms with Gasteiger partial charge in [0, 0.05) is 0 Å². The second-order valence-electron chi connectivity index (χ2n) is 0.911. The van der Waals surface area contributed by atoms with Crippen molar-refractivity contribution in [2.24, 2.45) is 0 Å². The minimum absolute atomic E-state index is 2.07. The summed E-state index contributed by atoms with van der Waals surface area (Å²) < 4.78 is 63.7. The van der Waals surface area contributed by atoms with E-state index in [1.165, 1.54) is 0 Å². The maximum absolute atomic E-state index is 10.9. The highest BCUT2D eigenvalue weighted by Gasteiger charge is 2.36. The molecule has 0 aromatic carbocycles. The zero-order chi connectivity index (χ0) is 7.71. The molecular weight excluding hydrogens is 186 g/mol. The second-order valence-corrected chi connectivity index (χ2v) is 3.22. The Kier molecular flexibility index (Phi) is 2.44. The van der Waals surface area contributed by atoms with Gasteiger partial charge in [-0.3, -0.25) is 0 Å². The van der Waals surface area contributed by atoms with E-state index >= 15 is 0 Å². The highest BCUT2D eigenvalue weighted by Crippen LogP contribution is 2.67. The van der Waals surface area contributed by atoms with Crippen molar-refractivity contribution in [3.63, 3.8) is 0 Å². The molecule has 0 spiro atoms. The van der Waals surface area contributed by atoms with E-state index in [4.69, 9.17) is 9.13 Å². The van der Waals surface area contributed by atoms with Gasteiger partial charge in [0.2, 0.25) is 0 Å². The Morgan fingerprint density at radius 3 is 1.11 bits per heavy atom. The van der Waals surface area contributed by atoms with E-state index in [1.807, 2.05) is 0 Å². The van der Waals surface area contributed by atoms with E-state index in [0.717, 1.165) is 0 Å². The fourth-order valence-electron chi connectivity index (χ4n) is 0.111. The molecule has 0 unspecified atom stereocenters. The highest BCUT2D eigenvalue weighted by molar-refractivity contribution is 7.61. The van der Waals surface area contributed by atoms with Gasteiger partial charge in [-0.1, -0.05) is 0 Å². The van der Waals surface area contributed by atoms with Crippen molar-refractivity contribution in [2.75, 3.05) is 0 Å². The van der Waals surface area contributed by atoms with Crippen molar-refractivity contribution >= 4 is 16.0 Å². The van der Waals surface area contributed by atoms with Gasteiger partial charge in [0.15, 0.2) is 0 Å². The molecule has 0 atom stereocenters. The minimum atomic E-state index is -6.30. The molecule has 0 heterocycles. The minimum Gasteiger partial charge on any atom is -0.218 e. The Labute approximate surface area is 47.4 Å². The van der Waals surface area contributed by atoms with Crippen LogP contribution in [0.25, 0.3) is 0 Å². The topological polar surface area (TPSA) is 43.4 Å². The van der Waals surface area contributed by atoms with Crippen LogP contribution in [0.1, 0.15) is 0 Å². The average molecular weight is 186 g/mol. The lowest BCUT2D eigenvalue weighted by molar-refractivity contribution is 0.332. The molecule has 3 nitrogen and oxygen atoms in total. The van der Waals surface area contributed by atoms with Crippen molar-refractivity contribution < 1.29 is 30.2 Å². The molecule has 9 heteroatoms. The first-order valence-electron chi connectivity index (χ1n) is 1.41. The predicted molar refractivity (Wildman–Crippen MR) is 20.7 cm³/mol. The predicted octanol–water partition coefficient (Wildman–Crippen LogP) is 3.10. The molecule has 0 amide bonds. The van der Waals surface area contributed by atoms with Crippen LogP contribution in [-0.4, -0.2) is 0 Å². The molecule has 0 rings (SSSR count). The summed E-state index contributed by atoms with van der Waals surface area (Å²) in [5, 5.41) is 0. The van der Waals surface area contributed by atoms with E-state index in [2.05, 4.69) is 4.31 Å². The Bertz CT molecular complexity index is 154. The molecule has 0 aliphatic heterocycles. The number of hydrogen-bond acceptors (Lipinski definition) is 3. The molecule has 0 aromatic heterocycles. The third kappa shape index (κ3) is 8.14.